The van der Waals surface area contributed by atoms with E-state index >= 15 is 0 Å². The molecule has 3 N–H and O–H groups in total. The lowest BCUT2D eigenvalue weighted by Crippen LogP contribution is -2.52. The number of anilines is 5. The Bertz CT molecular complexity index is 2190. The number of aryl methyl sites for hydroxylation is 1. The number of ether oxygens (including phenoxy) is 1. The molecule has 0 saturated carbocycles. The fraction of sp³-hybridized carbons (Fsp3) is 0.390. The number of rotatable bonds is 13. The fourth-order valence-corrected chi connectivity index (χ4v) is 9.15. The number of nitrogens with zero attached hydrogens (tertiary/aromatic N) is 5. The quantitative estimate of drug-likeness (QED) is 0.105. The number of imide groups is 1. The molecule has 7 rings (SSSR count). The average molecular weight is 799 g/mol. The van der Waals surface area contributed by atoms with Crippen molar-refractivity contribution in [3.8, 4) is 5.75 Å². The van der Waals surface area contributed by atoms with E-state index in [1.807, 2.05) is 48.5 Å². The van der Waals surface area contributed by atoms with Gasteiger partial charge in [-0.15, -0.1) is 0 Å². The highest BCUT2D eigenvalue weighted by molar-refractivity contribution is 7.70. The summed E-state index contributed by atoms with van der Waals surface area (Å²) in [4.78, 5) is 52.5. The summed E-state index contributed by atoms with van der Waals surface area (Å²) >= 11 is 6.47. The topological polar surface area (TPSA) is 149 Å². The molecule has 3 amide bonds. The molecule has 0 bridgehead atoms. The van der Waals surface area contributed by atoms with E-state index in [-0.39, 0.29) is 24.1 Å². The zero-order valence-electron chi connectivity index (χ0n) is 32.2. The Hall–Kier alpha value is -4.97. The maximum Gasteiger partial charge on any atom is 0.255 e. The van der Waals surface area contributed by atoms with Crippen molar-refractivity contribution in [2.45, 2.75) is 57.2 Å². The Kier molecular flexibility index (Phi) is 11.7. The van der Waals surface area contributed by atoms with Crippen LogP contribution in [-0.4, -0.2) is 96.7 Å². The number of methoxy groups -OCH3 is 1. The third kappa shape index (κ3) is 8.70. The van der Waals surface area contributed by atoms with Crippen LogP contribution in [0, 0.1) is 0 Å². The van der Waals surface area contributed by atoms with Gasteiger partial charge in [0.15, 0.2) is 5.82 Å². The summed E-state index contributed by atoms with van der Waals surface area (Å²) < 4.78 is 18.7. The minimum atomic E-state index is -2.55. The monoisotopic (exact) mass is 798 g/mol. The number of fused-ring (bicyclic) bond motifs is 1. The number of hydrogen-bond donors (Lipinski definition) is 3. The Morgan fingerprint density at radius 1 is 1.00 bits per heavy atom. The lowest BCUT2D eigenvalue weighted by molar-refractivity contribution is -0.136. The molecule has 2 saturated heterocycles. The summed E-state index contributed by atoms with van der Waals surface area (Å²) in [5.41, 5.74) is 5.26. The molecule has 2 fully saturated rings. The van der Waals surface area contributed by atoms with Gasteiger partial charge in [-0.05, 0) is 100 Å². The van der Waals surface area contributed by atoms with Crippen LogP contribution >= 0.6 is 18.7 Å². The molecule has 13 nitrogen and oxygen atoms in total. The van der Waals surface area contributed by atoms with Gasteiger partial charge >= 0.3 is 0 Å². The van der Waals surface area contributed by atoms with E-state index < -0.39 is 13.2 Å². The van der Waals surface area contributed by atoms with Crippen LogP contribution in [0.3, 0.4) is 0 Å². The van der Waals surface area contributed by atoms with Crippen molar-refractivity contribution in [2.75, 3.05) is 62.7 Å². The number of para-hydroxylation sites is 1. The normalized spacial score (nSPS) is 17.6. The summed E-state index contributed by atoms with van der Waals surface area (Å²) in [6.45, 7) is 6.67. The Morgan fingerprint density at radius 2 is 1.79 bits per heavy atom. The lowest BCUT2D eigenvalue weighted by atomic mass is 10.0. The summed E-state index contributed by atoms with van der Waals surface area (Å²) in [6.07, 6.45) is 6.11. The third-order valence-electron chi connectivity index (χ3n) is 10.9. The molecule has 0 radical (unpaired) electrons. The van der Waals surface area contributed by atoms with Crippen molar-refractivity contribution in [2.24, 2.45) is 0 Å². The molecule has 56 heavy (non-hydrogen) atoms. The standard InChI is InChI=1S/C41H48ClN8O5P/c1-48(19-7-8-26-11-13-30-27(22-26)25-50(40(30)53)34-15-16-37(51)46-39(34)52)28-17-20-49(21-18-28)29-12-14-32(35(23-29)55-2)45-41-43-24-31(42)38(47-41)44-33-9-5-6-10-36(33)56(3,4)54/h5-6,9-14,22-24,28,34H,7-8,15-21,25H2,1-4H3,(H,46,51,52)(H2,43,44,45,47). The number of nitrogens with one attached hydrogen (secondary N) is 3. The molecule has 3 aliphatic heterocycles. The lowest BCUT2D eigenvalue weighted by Gasteiger charge is -2.38. The summed E-state index contributed by atoms with van der Waals surface area (Å²) in [6, 6.07) is 19.4. The van der Waals surface area contributed by atoms with Crippen LogP contribution in [0.15, 0.2) is 66.9 Å². The molecule has 0 aliphatic carbocycles. The van der Waals surface area contributed by atoms with Crippen molar-refractivity contribution >= 4 is 70.6 Å². The first kappa shape index (κ1) is 39.3. The minimum Gasteiger partial charge on any atom is -0.494 e. The fourth-order valence-electron chi connectivity index (χ4n) is 7.86. The second-order valence-corrected chi connectivity index (χ2v) is 18.7. The molecule has 3 aliphatic rings. The van der Waals surface area contributed by atoms with Crippen LogP contribution in [-0.2, 0) is 27.1 Å². The number of carbonyl (C=O) groups excluding carboxylic acids is 3. The first-order valence-electron chi connectivity index (χ1n) is 19.0. The first-order chi connectivity index (χ1) is 26.9. The maximum absolute atomic E-state index is 13.1. The van der Waals surface area contributed by atoms with Gasteiger partial charge in [0.25, 0.3) is 5.91 Å². The molecule has 15 heteroatoms. The highest BCUT2D eigenvalue weighted by Gasteiger charge is 2.39. The van der Waals surface area contributed by atoms with Gasteiger partial charge < -0.3 is 34.6 Å². The van der Waals surface area contributed by atoms with E-state index in [1.54, 1.807) is 25.3 Å². The maximum atomic E-state index is 13.1. The summed E-state index contributed by atoms with van der Waals surface area (Å²) in [7, 11) is 1.30. The van der Waals surface area contributed by atoms with Gasteiger partial charge in [0.2, 0.25) is 17.8 Å². The number of aromatic nitrogens is 2. The van der Waals surface area contributed by atoms with Crippen molar-refractivity contribution < 1.29 is 23.7 Å². The van der Waals surface area contributed by atoms with Crippen molar-refractivity contribution in [1.29, 1.82) is 0 Å². The Morgan fingerprint density at radius 3 is 2.54 bits per heavy atom. The van der Waals surface area contributed by atoms with Crippen LogP contribution in [0.4, 0.5) is 28.8 Å². The molecular weight excluding hydrogens is 751 g/mol. The molecule has 1 aromatic heterocycles. The van der Waals surface area contributed by atoms with Gasteiger partial charge in [-0.2, -0.15) is 4.98 Å². The summed E-state index contributed by atoms with van der Waals surface area (Å²) in [5.74, 6) is 0.590. The van der Waals surface area contributed by atoms with Crippen LogP contribution in [0.2, 0.25) is 5.02 Å². The SMILES string of the molecule is COc1cc(N2CCC(N(C)CCCc3ccc4c(c3)CN(C3CCC(=O)NC3=O)C4=O)CC2)ccc1Nc1ncc(Cl)c(Nc2ccccc2P(C)(C)=O)n1. The van der Waals surface area contributed by atoms with Crippen molar-refractivity contribution in [3.63, 3.8) is 0 Å². The number of piperidine rings is 2. The van der Waals surface area contributed by atoms with Gasteiger partial charge in [0.05, 0.1) is 24.7 Å². The zero-order chi connectivity index (χ0) is 39.6. The van der Waals surface area contributed by atoms with E-state index in [2.05, 4.69) is 54.9 Å². The minimum absolute atomic E-state index is 0.140. The molecule has 4 aromatic rings. The highest BCUT2D eigenvalue weighted by atomic mass is 35.5. The first-order valence-corrected chi connectivity index (χ1v) is 22.0. The van der Waals surface area contributed by atoms with Gasteiger partial charge in [-0.25, -0.2) is 4.98 Å². The molecule has 1 unspecified atom stereocenters. The van der Waals surface area contributed by atoms with E-state index in [0.717, 1.165) is 56.6 Å². The molecule has 4 heterocycles. The van der Waals surface area contributed by atoms with Crippen molar-refractivity contribution in [3.05, 3.63) is 88.6 Å². The predicted molar refractivity (Wildman–Crippen MR) is 221 cm³/mol. The molecule has 3 aromatic carbocycles. The number of carbonyl (C=O) groups is 3. The number of halogens is 1. The largest absolute Gasteiger partial charge is 0.494 e. The molecule has 0 spiro atoms. The van der Waals surface area contributed by atoms with E-state index in [4.69, 9.17) is 16.3 Å². The Labute approximate surface area is 332 Å². The second kappa shape index (κ2) is 16.6. The number of amides is 3. The second-order valence-electron chi connectivity index (χ2n) is 15.1. The van der Waals surface area contributed by atoms with Crippen LogP contribution in [0.1, 0.15) is 53.6 Å². The molecule has 1 atom stereocenters. The van der Waals surface area contributed by atoms with Gasteiger partial charge in [-0.3, -0.25) is 19.7 Å². The highest BCUT2D eigenvalue weighted by Crippen LogP contribution is 2.39. The number of hydrogen-bond acceptors (Lipinski definition) is 11. The smallest absolute Gasteiger partial charge is 0.255 e. The average Bonchev–Trinajstić information content (AvgIpc) is 3.50. The predicted octanol–water partition coefficient (Wildman–Crippen LogP) is 6.17. The number of benzene rings is 3. The molecule has 294 valence electrons. The zero-order valence-corrected chi connectivity index (χ0v) is 33.8. The van der Waals surface area contributed by atoms with Gasteiger partial charge in [0.1, 0.15) is 24.0 Å². The molecular formula is C41H48ClN8O5P. The van der Waals surface area contributed by atoms with Gasteiger partial charge in [-0.1, -0.05) is 35.9 Å². The third-order valence-corrected chi connectivity index (χ3v) is 12.8. The van der Waals surface area contributed by atoms with E-state index in [0.29, 0.717) is 63.8 Å². The van der Waals surface area contributed by atoms with Crippen LogP contribution < -0.4 is 30.9 Å². The van der Waals surface area contributed by atoms with E-state index in [9.17, 15) is 18.9 Å². The van der Waals surface area contributed by atoms with Crippen molar-refractivity contribution in [1.82, 2.24) is 25.1 Å². The summed E-state index contributed by atoms with van der Waals surface area (Å²) in [5, 5.41) is 9.93. The van der Waals surface area contributed by atoms with Gasteiger partial charge in [0, 0.05) is 54.7 Å². The van der Waals surface area contributed by atoms with Crippen LogP contribution in [0.5, 0.6) is 5.75 Å². The van der Waals surface area contributed by atoms with E-state index in [1.165, 1.54) is 11.8 Å². The van der Waals surface area contributed by atoms with Crippen LogP contribution in [0.25, 0.3) is 0 Å². The Balaban J connectivity index is 0.903.